The molecule has 2 aromatic rings. The summed E-state index contributed by atoms with van der Waals surface area (Å²) in [5.41, 5.74) is 3.94. The van der Waals surface area contributed by atoms with Gasteiger partial charge in [0.25, 0.3) is 0 Å². The standard InChI is InChI=1S/C20H26N6O3/c1-27-17-5-3-2-4-16(17)15-21-24-18-14-19(25-6-10-28-11-7-25)23-20(22-18)26-8-12-29-13-9-26/h2-5,14-15H,6-13H2,1H3,(H,22,23,24)/b21-15+. The molecular weight excluding hydrogens is 372 g/mol. The Balaban J connectivity index is 1.56. The third-order valence-corrected chi connectivity index (χ3v) is 4.85. The fraction of sp³-hybridized carbons (Fsp3) is 0.450. The van der Waals surface area contributed by atoms with E-state index in [0.717, 1.165) is 43.3 Å². The Kier molecular flexibility index (Phi) is 6.38. The lowest BCUT2D eigenvalue weighted by Crippen LogP contribution is -2.39. The number of rotatable bonds is 6. The van der Waals surface area contributed by atoms with Gasteiger partial charge in [0.2, 0.25) is 5.95 Å². The summed E-state index contributed by atoms with van der Waals surface area (Å²) in [6, 6.07) is 9.65. The molecule has 0 atom stereocenters. The van der Waals surface area contributed by atoms with E-state index in [2.05, 4.69) is 25.3 Å². The molecule has 1 aromatic heterocycles. The SMILES string of the molecule is COc1ccccc1/C=N/Nc1cc(N2CCOCC2)nc(N2CCOCC2)n1. The molecule has 2 aliphatic rings. The second-order valence-corrected chi connectivity index (χ2v) is 6.72. The largest absolute Gasteiger partial charge is 0.496 e. The maximum absolute atomic E-state index is 5.47. The molecule has 3 heterocycles. The van der Waals surface area contributed by atoms with Crippen LogP contribution in [0, 0.1) is 0 Å². The van der Waals surface area contributed by atoms with Crippen molar-refractivity contribution in [2.75, 3.05) is 74.9 Å². The van der Waals surface area contributed by atoms with Gasteiger partial charge >= 0.3 is 0 Å². The summed E-state index contributed by atoms with van der Waals surface area (Å²) in [6.07, 6.45) is 1.73. The molecule has 1 aromatic carbocycles. The summed E-state index contributed by atoms with van der Waals surface area (Å²) in [4.78, 5) is 13.8. The van der Waals surface area contributed by atoms with Crippen molar-refractivity contribution in [1.82, 2.24) is 9.97 Å². The number of aromatic nitrogens is 2. The van der Waals surface area contributed by atoms with Crippen LogP contribution in [-0.4, -0.2) is 75.9 Å². The van der Waals surface area contributed by atoms with E-state index in [0.29, 0.717) is 38.2 Å². The van der Waals surface area contributed by atoms with Gasteiger partial charge in [-0.25, -0.2) is 0 Å². The number of nitrogens with zero attached hydrogens (tertiary/aromatic N) is 5. The first-order chi connectivity index (χ1) is 14.3. The highest BCUT2D eigenvalue weighted by Gasteiger charge is 2.19. The third-order valence-electron chi connectivity index (χ3n) is 4.85. The summed E-state index contributed by atoms with van der Waals surface area (Å²) in [5.74, 6) is 2.98. The lowest BCUT2D eigenvalue weighted by Gasteiger charge is -2.31. The maximum atomic E-state index is 5.47. The molecule has 9 nitrogen and oxygen atoms in total. The van der Waals surface area contributed by atoms with Crippen molar-refractivity contribution in [2.45, 2.75) is 0 Å². The average molecular weight is 398 g/mol. The molecule has 0 unspecified atom stereocenters. The van der Waals surface area contributed by atoms with Crippen molar-refractivity contribution in [3.63, 3.8) is 0 Å². The first-order valence-electron chi connectivity index (χ1n) is 9.80. The molecule has 2 saturated heterocycles. The van der Waals surface area contributed by atoms with E-state index < -0.39 is 0 Å². The minimum absolute atomic E-state index is 0.647. The third kappa shape index (κ3) is 4.93. The number of hydrazone groups is 1. The molecule has 0 saturated carbocycles. The van der Waals surface area contributed by atoms with Crippen molar-refractivity contribution in [3.05, 3.63) is 35.9 Å². The lowest BCUT2D eigenvalue weighted by atomic mass is 10.2. The normalized spacial score (nSPS) is 17.6. The first-order valence-corrected chi connectivity index (χ1v) is 9.80. The van der Waals surface area contributed by atoms with E-state index in [-0.39, 0.29) is 0 Å². The topological polar surface area (TPSA) is 84.3 Å². The number of morpholine rings is 2. The van der Waals surface area contributed by atoms with Crippen LogP contribution >= 0.6 is 0 Å². The van der Waals surface area contributed by atoms with Crippen LogP contribution in [-0.2, 0) is 9.47 Å². The molecule has 2 fully saturated rings. The van der Waals surface area contributed by atoms with Gasteiger partial charge in [-0.2, -0.15) is 15.1 Å². The molecule has 0 amide bonds. The molecular formula is C20H26N6O3. The number of benzene rings is 1. The summed E-state index contributed by atoms with van der Waals surface area (Å²) in [7, 11) is 1.65. The van der Waals surface area contributed by atoms with Crippen LogP contribution in [0.3, 0.4) is 0 Å². The van der Waals surface area contributed by atoms with Crippen LogP contribution in [0.5, 0.6) is 5.75 Å². The molecule has 0 radical (unpaired) electrons. The van der Waals surface area contributed by atoms with Crippen molar-refractivity contribution >= 4 is 23.8 Å². The molecule has 4 rings (SSSR count). The zero-order valence-corrected chi connectivity index (χ0v) is 16.6. The highest BCUT2D eigenvalue weighted by molar-refractivity contribution is 5.83. The monoisotopic (exact) mass is 398 g/mol. The molecule has 1 N–H and O–H groups in total. The van der Waals surface area contributed by atoms with Gasteiger partial charge in [0.05, 0.1) is 39.8 Å². The molecule has 154 valence electrons. The van der Waals surface area contributed by atoms with Crippen molar-refractivity contribution in [1.29, 1.82) is 0 Å². The number of nitrogens with one attached hydrogen (secondary N) is 1. The zero-order valence-electron chi connectivity index (χ0n) is 16.6. The van der Waals surface area contributed by atoms with E-state index in [1.54, 1.807) is 13.3 Å². The van der Waals surface area contributed by atoms with Gasteiger partial charge in [0.15, 0.2) is 5.82 Å². The molecule has 9 heteroatoms. The molecule has 2 aliphatic heterocycles. The number of ether oxygens (including phenoxy) is 3. The van der Waals surface area contributed by atoms with Crippen molar-refractivity contribution in [3.8, 4) is 5.75 Å². The lowest BCUT2D eigenvalue weighted by molar-refractivity contribution is 0.121. The molecule has 0 bridgehead atoms. The maximum Gasteiger partial charge on any atom is 0.229 e. The first kappa shape index (κ1) is 19.4. The van der Waals surface area contributed by atoms with E-state index in [1.165, 1.54) is 0 Å². The Morgan fingerprint density at radius 3 is 2.41 bits per heavy atom. The Bertz CT molecular complexity index is 798. The molecule has 0 aliphatic carbocycles. The van der Waals surface area contributed by atoms with Gasteiger partial charge in [0, 0.05) is 37.8 Å². The van der Waals surface area contributed by atoms with E-state index in [1.807, 2.05) is 30.3 Å². The highest BCUT2D eigenvalue weighted by atomic mass is 16.5. The Morgan fingerprint density at radius 1 is 1.00 bits per heavy atom. The van der Waals surface area contributed by atoms with Gasteiger partial charge in [-0.05, 0) is 12.1 Å². The second-order valence-electron chi connectivity index (χ2n) is 6.72. The summed E-state index contributed by atoms with van der Waals surface area (Å²) >= 11 is 0. The fourth-order valence-corrected chi connectivity index (χ4v) is 3.28. The van der Waals surface area contributed by atoms with Crippen LogP contribution in [0.25, 0.3) is 0 Å². The molecule has 29 heavy (non-hydrogen) atoms. The van der Waals surface area contributed by atoms with Crippen molar-refractivity contribution in [2.24, 2.45) is 5.10 Å². The zero-order chi connectivity index (χ0) is 19.9. The second kappa shape index (κ2) is 9.53. The number of para-hydroxylation sites is 1. The summed E-state index contributed by atoms with van der Waals surface area (Å²) < 4.78 is 16.3. The van der Waals surface area contributed by atoms with Crippen LogP contribution in [0.1, 0.15) is 5.56 Å². The van der Waals surface area contributed by atoms with Gasteiger partial charge < -0.3 is 24.0 Å². The fourth-order valence-electron chi connectivity index (χ4n) is 3.28. The van der Waals surface area contributed by atoms with Gasteiger partial charge in [0.1, 0.15) is 11.6 Å². The minimum Gasteiger partial charge on any atom is -0.496 e. The van der Waals surface area contributed by atoms with Gasteiger partial charge in [-0.3, -0.25) is 5.43 Å². The number of anilines is 3. The van der Waals surface area contributed by atoms with E-state index in [4.69, 9.17) is 19.2 Å². The summed E-state index contributed by atoms with van der Waals surface area (Å²) in [6.45, 7) is 5.93. The Labute approximate surface area is 170 Å². The highest BCUT2D eigenvalue weighted by Crippen LogP contribution is 2.22. The van der Waals surface area contributed by atoms with Crippen LogP contribution in [0.15, 0.2) is 35.4 Å². The number of methoxy groups -OCH3 is 1. The average Bonchev–Trinajstić information content (AvgIpc) is 2.80. The predicted molar refractivity (Wildman–Crippen MR) is 112 cm³/mol. The van der Waals surface area contributed by atoms with Crippen LogP contribution < -0.4 is 20.0 Å². The van der Waals surface area contributed by atoms with Gasteiger partial charge in [-0.15, -0.1) is 0 Å². The van der Waals surface area contributed by atoms with Gasteiger partial charge in [-0.1, -0.05) is 12.1 Å². The Morgan fingerprint density at radius 2 is 1.69 bits per heavy atom. The number of hydrogen-bond acceptors (Lipinski definition) is 9. The van der Waals surface area contributed by atoms with Crippen LogP contribution in [0.2, 0.25) is 0 Å². The van der Waals surface area contributed by atoms with E-state index in [9.17, 15) is 0 Å². The number of hydrogen-bond donors (Lipinski definition) is 1. The molecule has 0 spiro atoms. The Hall–Kier alpha value is -2.91. The predicted octanol–water partition coefficient (Wildman–Crippen LogP) is 1.60. The van der Waals surface area contributed by atoms with Crippen LogP contribution in [0.4, 0.5) is 17.6 Å². The smallest absolute Gasteiger partial charge is 0.229 e. The quantitative estimate of drug-likeness (QED) is 0.580. The van der Waals surface area contributed by atoms with E-state index >= 15 is 0 Å². The van der Waals surface area contributed by atoms with Crippen molar-refractivity contribution < 1.29 is 14.2 Å². The minimum atomic E-state index is 0.647. The summed E-state index contributed by atoms with van der Waals surface area (Å²) in [5, 5.41) is 4.36.